The highest BCUT2D eigenvalue weighted by atomic mass is 15.3. The molecule has 2 saturated heterocycles. The molecule has 0 radical (unpaired) electrons. The number of hydrogen-bond donors (Lipinski definition) is 0. The number of fused-ring (bicyclic) bond motifs is 1. The van der Waals surface area contributed by atoms with Gasteiger partial charge in [-0.3, -0.25) is 9.80 Å². The molecule has 0 spiro atoms. The molecule has 3 atom stereocenters. The second-order valence-electron chi connectivity index (χ2n) is 6.72. The van der Waals surface area contributed by atoms with E-state index in [1.54, 1.807) is 0 Å². The van der Waals surface area contributed by atoms with Crippen molar-refractivity contribution < 1.29 is 0 Å². The number of nitrogens with zero attached hydrogens (tertiary/aromatic N) is 2. The van der Waals surface area contributed by atoms with Crippen LogP contribution in [0.2, 0.25) is 0 Å². The highest BCUT2D eigenvalue weighted by Crippen LogP contribution is 2.36. The van der Waals surface area contributed by atoms with E-state index >= 15 is 0 Å². The molecule has 1 aliphatic carbocycles. The summed E-state index contributed by atoms with van der Waals surface area (Å²) in [6.45, 7) is 8.93. The Hall–Kier alpha value is -0.0800. The molecular weight excluding hydrogens is 208 g/mol. The molecule has 3 fully saturated rings. The van der Waals surface area contributed by atoms with Crippen molar-refractivity contribution >= 4 is 0 Å². The Balaban J connectivity index is 1.59. The van der Waals surface area contributed by atoms with Crippen LogP contribution >= 0.6 is 0 Å². The Morgan fingerprint density at radius 2 is 1.94 bits per heavy atom. The van der Waals surface area contributed by atoms with Crippen molar-refractivity contribution in [1.82, 2.24) is 9.80 Å². The fourth-order valence-electron chi connectivity index (χ4n) is 3.96. The van der Waals surface area contributed by atoms with Crippen molar-refractivity contribution in [1.29, 1.82) is 0 Å². The highest BCUT2D eigenvalue weighted by Gasteiger charge is 2.36. The van der Waals surface area contributed by atoms with Crippen LogP contribution in [-0.2, 0) is 0 Å². The molecule has 1 saturated carbocycles. The molecule has 0 aromatic rings. The molecule has 0 aromatic carbocycles. The second kappa shape index (κ2) is 4.89. The summed E-state index contributed by atoms with van der Waals surface area (Å²) in [5.41, 5.74) is 0. The zero-order valence-corrected chi connectivity index (χ0v) is 11.6. The lowest BCUT2D eigenvalue weighted by Gasteiger charge is -2.49. The predicted octanol–water partition coefficient (Wildman–Crippen LogP) is 2.73. The Bertz CT molecular complexity index is 262. The van der Waals surface area contributed by atoms with Crippen LogP contribution in [0.5, 0.6) is 0 Å². The molecule has 3 aliphatic rings. The molecule has 0 aromatic heterocycles. The van der Waals surface area contributed by atoms with Gasteiger partial charge in [0.15, 0.2) is 0 Å². The van der Waals surface area contributed by atoms with Crippen LogP contribution in [0, 0.1) is 5.92 Å². The first-order valence-electron chi connectivity index (χ1n) is 7.74. The van der Waals surface area contributed by atoms with Crippen LogP contribution in [0.15, 0.2) is 0 Å². The largest absolute Gasteiger partial charge is 0.298 e. The van der Waals surface area contributed by atoms with Crippen molar-refractivity contribution in [3.05, 3.63) is 0 Å². The van der Waals surface area contributed by atoms with Crippen molar-refractivity contribution in [3.8, 4) is 0 Å². The summed E-state index contributed by atoms with van der Waals surface area (Å²) in [4.78, 5) is 5.57. The molecule has 2 heterocycles. The molecule has 3 unspecified atom stereocenters. The maximum absolute atomic E-state index is 2.81. The van der Waals surface area contributed by atoms with Crippen LogP contribution in [0.3, 0.4) is 0 Å². The van der Waals surface area contributed by atoms with Gasteiger partial charge in [0.05, 0.1) is 0 Å². The number of rotatable bonds is 3. The summed E-state index contributed by atoms with van der Waals surface area (Å²) in [6, 6.07) is 2.47. The summed E-state index contributed by atoms with van der Waals surface area (Å²) in [5, 5.41) is 0. The summed E-state index contributed by atoms with van der Waals surface area (Å²) in [7, 11) is 0. The fraction of sp³-hybridized carbons (Fsp3) is 1.00. The van der Waals surface area contributed by atoms with Crippen LogP contribution in [0.1, 0.15) is 52.4 Å². The van der Waals surface area contributed by atoms with Gasteiger partial charge in [-0.15, -0.1) is 0 Å². The minimum atomic E-state index is 0.776. The van der Waals surface area contributed by atoms with Crippen LogP contribution in [-0.4, -0.2) is 47.6 Å². The van der Waals surface area contributed by atoms with Gasteiger partial charge in [0.2, 0.25) is 0 Å². The first-order chi connectivity index (χ1) is 8.24. The smallest absolute Gasteiger partial charge is 0.0224 e. The molecule has 2 nitrogen and oxygen atoms in total. The van der Waals surface area contributed by atoms with Crippen LogP contribution < -0.4 is 0 Å². The van der Waals surface area contributed by atoms with E-state index in [-0.39, 0.29) is 0 Å². The van der Waals surface area contributed by atoms with Gasteiger partial charge in [0.1, 0.15) is 0 Å². The van der Waals surface area contributed by atoms with E-state index in [0.29, 0.717) is 0 Å². The third-order valence-electron chi connectivity index (χ3n) is 5.17. The quantitative estimate of drug-likeness (QED) is 0.743. The van der Waals surface area contributed by atoms with Crippen LogP contribution in [0.4, 0.5) is 0 Å². The van der Waals surface area contributed by atoms with Gasteiger partial charge in [-0.05, 0) is 45.6 Å². The summed E-state index contributed by atoms with van der Waals surface area (Å²) >= 11 is 0. The van der Waals surface area contributed by atoms with Gasteiger partial charge in [-0.1, -0.05) is 19.3 Å². The SMILES string of the molecule is CC(CC1CC1)N1CC2CCCCN2CC1C. The van der Waals surface area contributed by atoms with E-state index in [1.165, 1.54) is 58.2 Å². The van der Waals surface area contributed by atoms with Gasteiger partial charge in [0.25, 0.3) is 0 Å². The molecule has 0 bridgehead atoms. The minimum absolute atomic E-state index is 0.776. The summed E-state index contributed by atoms with van der Waals surface area (Å²) < 4.78 is 0. The number of piperidine rings is 1. The van der Waals surface area contributed by atoms with E-state index in [1.807, 2.05) is 0 Å². The lowest BCUT2D eigenvalue weighted by molar-refractivity contribution is -0.00669. The summed E-state index contributed by atoms with van der Waals surface area (Å²) in [6.07, 6.45) is 8.79. The second-order valence-corrected chi connectivity index (χ2v) is 6.72. The third kappa shape index (κ3) is 2.68. The van der Waals surface area contributed by atoms with E-state index in [9.17, 15) is 0 Å². The maximum Gasteiger partial charge on any atom is 0.0224 e. The number of piperazine rings is 1. The Morgan fingerprint density at radius 3 is 2.71 bits per heavy atom. The van der Waals surface area contributed by atoms with Crippen LogP contribution in [0.25, 0.3) is 0 Å². The topological polar surface area (TPSA) is 6.48 Å². The van der Waals surface area contributed by atoms with Crippen molar-refractivity contribution in [2.24, 2.45) is 5.92 Å². The molecule has 0 N–H and O–H groups in total. The van der Waals surface area contributed by atoms with Crippen molar-refractivity contribution in [3.63, 3.8) is 0 Å². The Labute approximate surface area is 106 Å². The molecule has 3 rings (SSSR count). The standard InChI is InChI=1S/C15H28N2/c1-12(9-14-6-7-14)17-11-15-5-3-4-8-16(15)10-13(17)2/h12-15H,3-11H2,1-2H3. The molecule has 2 heteroatoms. The third-order valence-corrected chi connectivity index (χ3v) is 5.17. The lowest BCUT2D eigenvalue weighted by Crippen LogP contribution is -2.60. The Morgan fingerprint density at radius 1 is 1.12 bits per heavy atom. The number of hydrogen-bond acceptors (Lipinski definition) is 2. The molecule has 2 aliphatic heterocycles. The van der Waals surface area contributed by atoms with E-state index in [0.717, 1.165) is 24.0 Å². The summed E-state index contributed by atoms with van der Waals surface area (Å²) in [5.74, 6) is 1.07. The fourth-order valence-corrected chi connectivity index (χ4v) is 3.96. The molecule has 17 heavy (non-hydrogen) atoms. The van der Waals surface area contributed by atoms with Crippen molar-refractivity contribution in [2.75, 3.05) is 19.6 Å². The van der Waals surface area contributed by atoms with E-state index in [2.05, 4.69) is 23.6 Å². The average molecular weight is 236 g/mol. The molecule has 0 amide bonds. The maximum atomic E-state index is 2.81. The van der Waals surface area contributed by atoms with E-state index < -0.39 is 0 Å². The molecule has 98 valence electrons. The van der Waals surface area contributed by atoms with Crippen molar-refractivity contribution in [2.45, 2.75) is 70.5 Å². The van der Waals surface area contributed by atoms with Gasteiger partial charge in [-0.25, -0.2) is 0 Å². The van der Waals surface area contributed by atoms with E-state index in [4.69, 9.17) is 0 Å². The minimum Gasteiger partial charge on any atom is -0.298 e. The monoisotopic (exact) mass is 236 g/mol. The Kier molecular flexibility index (Phi) is 3.45. The predicted molar refractivity (Wildman–Crippen MR) is 72.2 cm³/mol. The van der Waals surface area contributed by atoms with Gasteiger partial charge < -0.3 is 0 Å². The normalized spacial score (nSPS) is 37.8. The van der Waals surface area contributed by atoms with Gasteiger partial charge >= 0.3 is 0 Å². The zero-order chi connectivity index (χ0) is 11.8. The lowest BCUT2D eigenvalue weighted by atomic mass is 9.95. The average Bonchev–Trinajstić information content (AvgIpc) is 3.12. The van der Waals surface area contributed by atoms with Gasteiger partial charge in [0, 0.05) is 31.2 Å². The highest BCUT2D eigenvalue weighted by molar-refractivity contribution is 4.92. The zero-order valence-electron chi connectivity index (χ0n) is 11.6. The van der Waals surface area contributed by atoms with Gasteiger partial charge in [-0.2, -0.15) is 0 Å². The molecular formula is C15H28N2. The first kappa shape index (κ1) is 12.0. The first-order valence-corrected chi connectivity index (χ1v) is 7.74.